The molecular weight excluding hydrogens is 418 g/mol. The van der Waals surface area contributed by atoms with Gasteiger partial charge in [-0.1, -0.05) is 23.9 Å². The topological polar surface area (TPSA) is 103 Å². The molecule has 3 rings (SSSR count). The van der Waals surface area contributed by atoms with Crippen LogP contribution in [0.25, 0.3) is 0 Å². The lowest BCUT2D eigenvalue weighted by atomic mass is 9.96. The average molecular weight is 442 g/mol. The van der Waals surface area contributed by atoms with Gasteiger partial charge in [0, 0.05) is 23.6 Å². The van der Waals surface area contributed by atoms with Crippen LogP contribution in [0, 0.1) is 10.1 Å². The lowest BCUT2D eigenvalue weighted by molar-refractivity contribution is -0.384. The molecule has 2 aromatic carbocycles. The third-order valence-electron chi connectivity index (χ3n) is 4.67. The molecule has 8 nitrogen and oxygen atoms in total. The number of hydrogen-bond acceptors (Lipinski definition) is 8. The predicted octanol–water partition coefficient (Wildman–Crippen LogP) is 4.37. The van der Waals surface area contributed by atoms with Gasteiger partial charge in [-0.3, -0.25) is 10.1 Å². The van der Waals surface area contributed by atoms with E-state index in [1.54, 1.807) is 33.1 Å². The second-order valence-electron chi connectivity index (χ2n) is 6.71. The van der Waals surface area contributed by atoms with Crippen LogP contribution < -0.4 is 10.1 Å². The van der Waals surface area contributed by atoms with Gasteiger partial charge in [0.25, 0.3) is 5.69 Å². The van der Waals surface area contributed by atoms with Crippen LogP contribution in [0.4, 0.5) is 5.69 Å². The predicted molar refractivity (Wildman–Crippen MR) is 120 cm³/mol. The molecule has 0 bridgehead atoms. The molecule has 1 heterocycles. The Balaban J connectivity index is 1.86. The second kappa shape index (κ2) is 10.1. The molecule has 2 aromatic rings. The summed E-state index contributed by atoms with van der Waals surface area (Å²) in [7, 11) is 1.62. The lowest BCUT2D eigenvalue weighted by Crippen LogP contribution is -2.30. The van der Waals surface area contributed by atoms with Gasteiger partial charge in [-0.05, 0) is 49.2 Å². The fraction of sp³-hybridized carbons (Fsp3) is 0.273. The molecule has 9 heteroatoms. The number of nitro groups is 1. The molecular formula is C22H23N3O5S. The maximum absolute atomic E-state index is 12.6. The zero-order chi connectivity index (χ0) is 22.4. The van der Waals surface area contributed by atoms with Crippen molar-refractivity contribution in [1.82, 2.24) is 5.32 Å². The number of hydrogen-bond donors (Lipinski definition) is 1. The molecule has 0 amide bonds. The molecule has 1 unspecified atom stereocenters. The van der Waals surface area contributed by atoms with E-state index in [-0.39, 0.29) is 12.3 Å². The highest BCUT2D eigenvalue weighted by Crippen LogP contribution is 2.34. The number of methoxy groups -OCH3 is 1. The quantitative estimate of drug-likeness (QED) is 0.386. The number of aliphatic imine (C=N–C) groups is 1. The minimum Gasteiger partial charge on any atom is -0.497 e. The molecule has 162 valence electrons. The molecule has 0 aromatic heterocycles. The van der Waals surface area contributed by atoms with Crippen molar-refractivity contribution < 1.29 is 19.2 Å². The van der Waals surface area contributed by atoms with Crippen molar-refractivity contribution in [3.8, 4) is 5.75 Å². The van der Waals surface area contributed by atoms with E-state index < -0.39 is 16.9 Å². The molecule has 0 radical (unpaired) electrons. The van der Waals surface area contributed by atoms with Gasteiger partial charge in [-0.25, -0.2) is 9.79 Å². The molecule has 1 aliphatic rings. The van der Waals surface area contributed by atoms with Gasteiger partial charge in [-0.15, -0.1) is 0 Å². The Hall–Kier alpha value is -3.33. The highest BCUT2D eigenvalue weighted by Gasteiger charge is 2.30. The summed E-state index contributed by atoms with van der Waals surface area (Å²) in [4.78, 5) is 27.8. The van der Waals surface area contributed by atoms with Gasteiger partial charge < -0.3 is 14.8 Å². The van der Waals surface area contributed by atoms with Gasteiger partial charge >= 0.3 is 5.97 Å². The summed E-state index contributed by atoms with van der Waals surface area (Å²) in [6.45, 7) is 3.78. The van der Waals surface area contributed by atoms with Gasteiger partial charge in [0.15, 0.2) is 5.17 Å². The highest BCUT2D eigenvalue weighted by atomic mass is 32.2. The number of nitrogens with one attached hydrogen (secondary N) is 1. The third-order valence-corrected chi connectivity index (χ3v) is 5.63. The van der Waals surface area contributed by atoms with Crippen LogP contribution in [0.5, 0.6) is 5.75 Å². The van der Waals surface area contributed by atoms with Crippen LogP contribution in [-0.2, 0) is 15.3 Å². The van der Waals surface area contributed by atoms with Crippen molar-refractivity contribution in [2.24, 2.45) is 4.99 Å². The maximum Gasteiger partial charge on any atom is 0.338 e. The zero-order valence-corrected chi connectivity index (χ0v) is 18.3. The van der Waals surface area contributed by atoms with Gasteiger partial charge in [0.1, 0.15) is 11.8 Å². The van der Waals surface area contributed by atoms with Crippen molar-refractivity contribution in [3.05, 3.63) is 81.0 Å². The number of ether oxygens (including phenoxy) is 2. The van der Waals surface area contributed by atoms with Gasteiger partial charge in [0.05, 0.1) is 24.2 Å². The Kier molecular flexibility index (Phi) is 7.30. The Labute approximate surface area is 184 Å². The number of non-ortho nitro benzene ring substituents is 1. The average Bonchev–Trinajstić information content (AvgIpc) is 2.77. The monoisotopic (exact) mass is 441 g/mol. The number of nitrogens with zero attached hydrogens (tertiary/aromatic N) is 2. The Morgan fingerprint density at radius 3 is 2.45 bits per heavy atom. The van der Waals surface area contributed by atoms with E-state index in [0.717, 1.165) is 11.3 Å². The number of esters is 1. The van der Waals surface area contributed by atoms with Crippen molar-refractivity contribution in [2.45, 2.75) is 25.6 Å². The molecule has 1 N–H and O–H groups in total. The summed E-state index contributed by atoms with van der Waals surface area (Å²) in [5.41, 5.74) is 2.80. The summed E-state index contributed by atoms with van der Waals surface area (Å²) in [6, 6.07) is 13.2. The first-order chi connectivity index (χ1) is 14.9. The van der Waals surface area contributed by atoms with E-state index in [1.165, 1.54) is 23.9 Å². The highest BCUT2D eigenvalue weighted by molar-refractivity contribution is 8.13. The number of allylic oxidation sites excluding steroid dienone is 1. The van der Waals surface area contributed by atoms with E-state index in [4.69, 9.17) is 14.5 Å². The van der Waals surface area contributed by atoms with Crippen LogP contribution in [0.2, 0.25) is 0 Å². The first kappa shape index (κ1) is 22.4. The first-order valence-electron chi connectivity index (χ1n) is 9.65. The molecule has 31 heavy (non-hydrogen) atoms. The second-order valence-corrected chi connectivity index (χ2v) is 7.67. The third kappa shape index (κ3) is 5.43. The van der Waals surface area contributed by atoms with Crippen LogP contribution >= 0.6 is 11.8 Å². The van der Waals surface area contributed by atoms with Crippen LogP contribution in [0.1, 0.15) is 31.0 Å². The zero-order valence-electron chi connectivity index (χ0n) is 17.5. The van der Waals surface area contributed by atoms with Gasteiger partial charge in [-0.2, -0.15) is 0 Å². The van der Waals surface area contributed by atoms with Gasteiger partial charge in [0.2, 0.25) is 0 Å². The van der Waals surface area contributed by atoms with E-state index in [2.05, 4.69) is 5.32 Å². The van der Waals surface area contributed by atoms with E-state index in [9.17, 15) is 14.9 Å². The molecule has 1 atom stereocenters. The number of carbonyl (C=O) groups is 1. The van der Waals surface area contributed by atoms with E-state index >= 15 is 0 Å². The summed E-state index contributed by atoms with van der Waals surface area (Å²) in [6.07, 6.45) is 0. The van der Waals surface area contributed by atoms with Crippen LogP contribution in [0.3, 0.4) is 0 Å². The number of benzene rings is 2. The largest absolute Gasteiger partial charge is 0.497 e. The normalized spacial score (nSPS) is 15.7. The Bertz CT molecular complexity index is 1020. The smallest absolute Gasteiger partial charge is 0.338 e. The maximum atomic E-state index is 12.6. The number of amidine groups is 1. The molecule has 0 aliphatic carbocycles. The summed E-state index contributed by atoms with van der Waals surface area (Å²) < 4.78 is 10.4. The SMILES string of the molecule is CCOC(=O)C1=C(C)NC(SCc2ccc(OC)cc2)=NC1c1ccc([N+](=O)[O-])cc1. The van der Waals surface area contributed by atoms with Crippen molar-refractivity contribution in [2.75, 3.05) is 13.7 Å². The van der Waals surface area contributed by atoms with Crippen molar-refractivity contribution in [1.29, 1.82) is 0 Å². The summed E-state index contributed by atoms with van der Waals surface area (Å²) in [5.74, 6) is 1.00. The minimum atomic E-state index is -0.612. The first-order valence-corrected chi connectivity index (χ1v) is 10.6. The van der Waals surface area contributed by atoms with Crippen LogP contribution in [-0.4, -0.2) is 29.8 Å². The number of rotatable bonds is 7. The fourth-order valence-electron chi connectivity index (χ4n) is 3.09. The Morgan fingerprint density at radius 2 is 1.87 bits per heavy atom. The summed E-state index contributed by atoms with van der Waals surface area (Å²) in [5, 5.41) is 14.8. The molecule has 0 fully saturated rings. The number of thioether (sulfide) groups is 1. The number of carbonyl (C=O) groups excluding carboxylic acids is 1. The van der Waals surface area contributed by atoms with Crippen LogP contribution in [0.15, 0.2) is 64.8 Å². The van der Waals surface area contributed by atoms with Crippen molar-refractivity contribution >= 4 is 28.6 Å². The molecule has 1 aliphatic heterocycles. The lowest BCUT2D eigenvalue weighted by Gasteiger charge is -2.25. The minimum absolute atomic E-state index is 0.0193. The number of nitro benzene ring substituents is 1. The molecule has 0 saturated heterocycles. The standard InChI is InChI=1S/C22H23N3O5S/c1-4-30-21(26)19-14(2)23-22(31-13-15-5-11-18(29-3)12-6-15)24-20(19)16-7-9-17(10-8-16)25(27)28/h5-12,20H,4,13H2,1-3H3,(H,23,24). The van der Waals surface area contributed by atoms with Crippen molar-refractivity contribution in [3.63, 3.8) is 0 Å². The Morgan fingerprint density at radius 1 is 1.19 bits per heavy atom. The van der Waals surface area contributed by atoms with E-state index in [0.29, 0.717) is 27.8 Å². The molecule has 0 saturated carbocycles. The fourth-order valence-corrected chi connectivity index (χ4v) is 3.99. The molecule has 0 spiro atoms. The van der Waals surface area contributed by atoms with E-state index in [1.807, 2.05) is 24.3 Å². The summed E-state index contributed by atoms with van der Waals surface area (Å²) >= 11 is 1.50.